The summed E-state index contributed by atoms with van der Waals surface area (Å²) in [7, 11) is 0. The van der Waals surface area contributed by atoms with Gasteiger partial charge in [0.15, 0.2) is 5.82 Å². The van der Waals surface area contributed by atoms with E-state index in [0.29, 0.717) is 11.7 Å². The Hall–Kier alpha value is -1.56. The van der Waals surface area contributed by atoms with E-state index in [2.05, 4.69) is 15.3 Å². The number of hydrogen-bond donors (Lipinski definition) is 4. The van der Waals surface area contributed by atoms with Gasteiger partial charge < -0.3 is 21.8 Å². The van der Waals surface area contributed by atoms with E-state index in [1.54, 1.807) is 0 Å². The summed E-state index contributed by atoms with van der Waals surface area (Å²) >= 11 is 0. The fourth-order valence-corrected chi connectivity index (χ4v) is 2.27. The van der Waals surface area contributed by atoms with Crippen molar-refractivity contribution in [2.24, 2.45) is 11.7 Å². The number of nitrogen functional groups attached to an aromatic ring is 1. The van der Waals surface area contributed by atoms with Gasteiger partial charge in [0.1, 0.15) is 5.69 Å². The average molecular weight is 237 g/mol. The Balaban J connectivity index is 1.97. The van der Waals surface area contributed by atoms with Crippen molar-refractivity contribution in [2.75, 3.05) is 17.6 Å². The molecule has 2 rings (SSSR count). The zero-order valence-corrected chi connectivity index (χ0v) is 9.78. The lowest BCUT2D eigenvalue weighted by Crippen LogP contribution is -2.37. The molecule has 6 nitrogen and oxygen atoms in total. The second-order valence-corrected chi connectivity index (χ2v) is 4.58. The first-order valence-electron chi connectivity index (χ1n) is 6.01. The van der Waals surface area contributed by atoms with Gasteiger partial charge >= 0.3 is 0 Å². The highest BCUT2D eigenvalue weighted by atomic mass is 16.1. The molecule has 1 aromatic heterocycles. The third-order valence-corrected chi connectivity index (χ3v) is 3.39. The molecule has 6 N–H and O–H groups in total. The largest absolute Gasteiger partial charge is 0.391 e. The third kappa shape index (κ3) is 2.76. The van der Waals surface area contributed by atoms with Gasteiger partial charge in [-0.05, 0) is 18.8 Å². The second kappa shape index (κ2) is 5.18. The number of nitrogens with two attached hydrogens (primary N) is 2. The minimum absolute atomic E-state index is 0.136. The highest BCUT2D eigenvalue weighted by Gasteiger charge is 2.21. The van der Waals surface area contributed by atoms with Crippen LogP contribution in [-0.4, -0.2) is 22.6 Å². The minimum atomic E-state index is -0.310. The van der Waals surface area contributed by atoms with E-state index in [4.69, 9.17) is 11.5 Å². The first kappa shape index (κ1) is 11.9. The Morgan fingerprint density at radius 2 is 2.24 bits per heavy atom. The average Bonchev–Trinajstić information content (AvgIpc) is 2.33. The molecule has 6 heteroatoms. The number of aromatic amines is 1. The van der Waals surface area contributed by atoms with Gasteiger partial charge in [-0.2, -0.15) is 0 Å². The molecule has 1 aromatic rings. The highest BCUT2D eigenvalue weighted by molar-refractivity contribution is 5.58. The quantitative estimate of drug-likeness (QED) is 0.603. The summed E-state index contributed by atoms with van der Waals surface area (Å²) in [6, 6.07) is 0.236. The molecule has 1 saturated carbocycles. The summed E-state index contributed by atoms with van der Waals surface area (Å²) < 4.78 is 0. The fourth-order valence-electron chi connectivity index (χ4n) is 2.27. The first-order valence-corrected chi connectivity index (χ1v) is 6.01. The van der Waals surface area contributed by atoms with E-state index in [0.717, 1.165) is 19.4 Å². The van der Waals surface area contributed by atoms with E-state index >= 15 is 0 Å². The molecule has 0 aliphatic heterocycles. The number of anilines is 2. The molecule has 94 valence electrons. The number of nitrogens with zero attached hydrogens (tertiary/aromatic N) is 1. The maximum absolute atomic E-state index is 11.3. The van der Waals surface area contributed by atoms with Crippen LogP contribution in [0.3, 0.4) is 0 Å². The number of rotatable bonds is 3. The normalized spacial score (nSPS) is 24.5. The molecule has 0 spiro atoms. The number of aromatic nitrogens is 2. The van der Waals surface area contributed by atoms with Crippen molar-refractivity contribution in [3.05, 3.63) is 16.7 Å². The summed E-state index contributed by atoms with van der Waals surface area (Å²) in [5.74, 6) is 0.885. The standard InChI is InChI=1S/C11H19N5O/c12-8-4-2-1-3-7(8)5-14-10-9(13)11(17)16-6-15-10/h6-8H,1-5,12-13H2,(H2,14,15,16,17). The van der Waals surface area contributed by atoms with Gasteiger partial charge in [0.2, 0.25) is 0 Å². The van der Waals surface area contributed by atoms with Crippen LogP contribution in [0.25, 0.3) is 0 Å². The van der Waals surface area contributed by atoms with Crippen molar-refractivity contribution in [3.8, 4) is 0 Å². The first-order chi connectivity index (χ1) is 8.18. The molecular weight excluding hydrogens is 218 g/mol. The molecule has 1 aliphatic rings. The Bertz CT molecular complexity index is 430. The lowest BCUT2D eigenvalue weighted by molar-refractivity contribution is 0.321. The maximum atomic E-state index is 11.3. The van der Waals surface area contributed by atoms with Crippen LogP contribution < -0.4 is 22.3 Å². The van der Waals surface area contributed by atoms with Crippen LogP contribution in [0, 0.1) is 5.92 Å². The summed E-state index contributed by atoms with van der Waals surface area (Å²) in [6.45, 7) is 0.724. The van der Waals surface area contributed by atoms with Gasteiger partial charge in [0.25, 0.3) is 5.56 Å². The van der Waals surface area contributed by atoms with E-state index in [9.17, 15) is 4.79 Å². The molecule has 1 fully saturated rings. The van der Waals surface area contributed by atoms with Gasteiger partial charge in [-0.25, -0.2) is 4.98 Å². The maximum Gasteiger partial charge on any atom is 0.276 e. The Labute approximate surface area is 99.8 Å². The van der Waals surface area contributed by atoms with Gasteiger partial charge in [0, 0.05) is 12.6 Å². The van der Waals surface area contributed by atoms with Crippen molar-refractivity contribution in [1.82, 2.24) is 9.97 Å². The van der Waals surface area contributed by atoms with Crippen LogP contribution in [-0.2, 0) is 0 Å². The summed E-state index contributed by atoms with van der Waals surface area (Å²) in [6.07, 6.45) is 5.98. The van der Waals surface area contributed by atoms with Gasteiger partial charge in [-0.1, -0.05) is 12.8 Å². The smallest absolute Gasteiger partial charge is 0.276 e. The molecule has 1 heterocycles. The molecule has 0 aromatic carbocycles. The lowest BCUT2D eigenvalue weighted by Gasteiger charge is -2.28. The number of hydrogen-bond acceptors (Lipinski definition) is 5. The van der Waals surface area contributed by atoms with E-state index in [1.165, 1.54) is 19.2 Å². The molecule has 0 saturated heterocycles. The van der Waals surface area contributed by atoms with Crippen LogP contribution in [0.15, 0.2) is 11.1 Å². The molecule has 2 unspecified atom stereocenters. The zero-order chi connectivity index (χ0) is 12.3. The van der Waals surface area contributed by atoms with Crippen molar-refractivity contribution >= 4 is 11.5 Å². The molecular formula is C11H19N5O. The predicted molar refractivity (Wildman–Crippen MR) is 67.7 cm³/mol. The molecule has 1 aliphatic carbocycles. The Morgan fingerprint density at radius 1 is 1.47 bits per heavy atom. The predicted octanol–water partition coefficient (Wildman–Crippen LogP) is 0.281. The minimum Gasteiger partial charge on any atom is -0.391 e. The highest BCUT2D eigenvalue weighted by Crippen LogP contribution is 2.23. The lowest BCUT2D eigenvalue weighted by atomic mass is 9.85. The van der Waals surface area contributed by atoms with Gasteiger partial charge in [-0.15, -0.1) is 0 Å². The molecule has 0 bridgehead atoms. The van der Waals surface area contributed by atoms with E-state index < -0.39 is 0 Å². The van der Waals surface area contributed by atoms with Crippen molar-refractivity contribution in [3.63, 3.8) is 0 Å². The van der Waals surface area contributed by atoms with Crippen LogP contribution >= 0.6 is 0 Å². The third-order valence-electron chi connectivity index (χ3n) is 3.39. The van der Waals surface area contributed by atoms with Crippen LogP contribution in [0.4, 0.5) is 11.5 Å². The number of H-pyrrole nitrogens is 1. The van der Waals surface area contributed by atoms with Crippen LogP contribution in [0.5, 0.6) is 0 Å². The van der Waals surface area contributed by atoms with Crippen molar-refractivity contribution in [2.45, 2.75) is 31.7 Å². The summed E-state index contributed by atoms with van der Waals surface area (Å²) in [5, 5.41) is 3.12. The monoisotopic (exact) mass is 237 g/mol. The summed E-state index contributed by atoms with van der Waals surface area (Å²) in [4.78, 5) is 17.7. The summed E-state index contributed by atoms with van der Waals surface area (Å²) in [5.41, 5.74) is 11.5. The Kier molecular flexibility index (Phi) is 3.63. The topological polar surface area (TPSA) is 110 Å². The molecule has 0 radical (unpaired) electrons. The van der Waals surface area contributed by atoms with Crippen molar-refractivity contribution < 1.29 is 0 Å². The molecule has 0 amide bonds. The van der Waals surface area contributed by atoms with Crippen LogP contribution in [0.2, 0.25) is 0 Å². The Morgan fingerprint density at radius 3 is 3.00 bits per heavy atom. The van der Waals surface area contributed by atoms with E-state index in [-0.39, 0.29) is 17.3 Å². The number of nitrogens with one attached hydrogen (secondary N) is 2. The van der Waals surface area contributed by atoms with Crippen LogP contribution in [0.1, 0.15) is 25.7 Å². The fraction of sp³-hybridized carbons (Fsp3) is 0.636. The molecule has 17 heavy (non-hydrogen) atoms. The van der Waals surface area contributed by atoms with Gasteiger partial charge in [0.05, 0.1) is 6.33 Å². The second-order valence-electron chi connectivity index (χ2n) is 4.58. The zero-order valence-electron chi connectivity index (χ0n) is 9.78. The molecule has 2 atom stereocenters. The van der Waals surface area contributed by atoms with E-state index in [1.807, 2.05) is 0 Å². The SMILES string of the molecule is Nc1c(NCC2CCCCC2N)nc[nH]c1=O. The van der Waals surface area contributed by atoms with Crippen molar-refractivity contribution in [1.29, 1.82) is 0 Å². The van der Waals surface area contributed by atoms with Gasteiger partial charge in [-0.3, -0.25) is 4.79 Å².